The van der Waals surface area contributed by atoms with Crippen LogP contribution in [-0.4, -0.2) is 47.0 Å². The highest BCUT2D eigenvalue weighted by Crippen LogP contribution is 1.94. The fourth-order valence-electron chi connectivity index (χ4n) is 1.07. The lowest BCUT2D eigenvalue weighted by Crippen LogP contribution is -2.32. The highest BCUT2D eigenvalue weighted by molar-refractivity contribution is 4.83. The van der Waals surface area contributed by atoms with Gasteiger partial charge in [0.25, 0.3) is 0 Å². The van der Waals surface area contributed by atoms with E-state index < -0.39 is 0 Å². The van der Waals surface area contributed by atoms with Crippen LogP contribution in [0.3, 0.4) is 0 Å². The molecule has 0 aliphatic rings. The molecule has 1 heterocycles. The summed E-state index contributed by atoms with van der Waals surface area (Å²) >= 11 is 0. The maximum atomic E-state index is 5.03. The van der Waals surface area contributed by atoms with Crippen molar-refractivity contribution < 1.29 is 4.74 Å². The molecule has 0 radical (unpaired) electrons. The standard InChI is InChI=1S/C7H15N5O/c1-8-6(5-13-3)4-7-9-11-12(2)10-7/h6,8H,4-5H2,1-3H3. The minimum absolute atomic E-state index is 0.245. The lowest BCUT2D eigenvalue weighted by molar-refractivity contribution is 0.168. The van der Waals surface area contributed by atoms with E-state index in [0.717, 1.165) is 12.2 Å². The van der Waals surface area contributed by atoms with Crippen LogP contribution in [0.25, 0.3) is 0 Å². The summed E-state index contributed by atoms with van der Waals surface area (Å²) in [6.45, 7) is 0.648. The first kappa shape index (κ1) is 10.1. The van der Waals surface area contributed by atoms with Gasteiger partial charge in [0.2, 0.25) is 0 Å². The Hall–Kier alpha value is -1.01. The summed E-state index contributed by atoms with van der Waals surface area (Å²) in [6, 6.07) is 0.245. The molecule has 0 aliphatic carbocycles. The Labute approximate surface area is 77.3 Å². The lowest BCUT2D eigenvalue weighted by Gasteiger charge is -2.11. The molecule has 6 nitrogen and oxygen atoms in total. The molecule has 1 N–H and O–H groups in total. The number of nitrogens with zero attached hydrogens (tertiary/aromatic N) is 4. The molecule has 1 atom stereocenters. The van der Waals surface area contributed by atoms with Crippen molar-refractivity contribution in [3.05, 3.63) is 5.82 Å². The van der Waals surface area contributed by atoms with Gasteiger partial charge in [-0.15, -0.1) is 10.2 Å². The number of ether oxygens (including phenoxy) is 1. The summed E-state index contributed by atoms with van der Waals surface area (Å²) < 4.78 is 5.03. The molecule has 0 aromatic carbocycles. The second-order valence-electron chi connectivity index (χ2n) is 2.84. The molecular formula is C7H15N5O. The van der Waals surface area contributed by atoms with Crippen LogP contribution in [0.1, 0.15) is 5.82 Å². The smallest absolute Gasteiger partial charge is 0.176 e. The number of rotatable bonds is 5. The minimum atomic E-state index is 0.245. The van der Waals surface area contributed by atoms with Crippen molar-refractivity contribution >= 4 is 0 Å². The van der Waals surface area contributed by atoms with Crippen molar-refractivity contribution in [3.63, 3.8) is 0 Å². The van der Waals surface area contributed by atoms with Gasteiger partial charge in [0.1, 0.15) is 0 Å². The third kappa shape index (κ3) is 3.08. The molecule has 0 spiro atoms. The maximum Gasteiger partial charge on any atom is 0.176 e. The lowest BCUT2D eigenvalue weighted by atomic mass is 10.2. The van der Waals surface area contributed by atoms with Crippen LogP contribution >= 0.6 is 0 Å². The van der Waals surface area contributed by atoms with Crippen LogP contribution in [0.2, 0.25) is 0 Å². The molecule has 6 heteroatoms. The molecule has 1 unspecified atom stereocenters. The largest absolute Gasteiger partial charge is 0.383 e. The Bertz CT molecular complexity index is 249. The monoisotopic (exact) mass is 185 g/mol. The Morgan fingerprint density at radius 2 is 2.38 bits per heavy atom. The minimum Gasteiger partial charge on any atom is -0.383 e. The van der Waals surface area contributed by atoms with Crippen molar-refractivity contribution in [2.45, 2.75) is 12.5 Å². The molecular weight excluding hydrogens is 170 g/mol. The topological polar surface area (TPSA) is 64.9 Å². The average Bonchev–Trinajstić information content (AvgIpc) is 2.50. The van der Waals surface area contributed by atoms with E-state index in [0.29, 0.717) is 6.61 Å². The Morgan fingerprint density at radius 1 is 1.62 bits per heavy atom. The third-order valence-corrected chi connectivity index (χ3v) is 1.75. The Morgan fingerprint density at radius 3 is 2.85 bits per heavy atom. The predicted molar refractivity (Wildman–Crippen MR) is 47.2 cm³/mol. The summed E-state index contributed by atoms with van der Waals surface area (Å²) in [5.74, 6) is 0.735. The molecule has 13 heavy (non-hydrogen) atoms. The zero-order valence-electron chi connectivity index (χ0n) is 8.19. The molecule has 0 fully saturated rings. The van der Waals surface area contributed by atoms with Crippen molar-refractivity contribution in [1.82, 2.24) is 25.5 Å². The molecule has 0 aliphatic heterocycles. The van der Waals surface area contributed by atoms with Crippen LogP contribution in [0.15, 0.2) is 0 Å². The number of methoxy groups -OCH3 is 1. The van der Waals surface area contributed by atoms with E-state index in [-0.39, 0.29) is 6.04 Å². The number of nitrogens with one attached hydrogen (secondary N) is 1. The van der Waals surface area contributed by atoms with Crippen LogP contribution in [0.4, 0.5) is 0 Å². The van der Waals surface area contributed by atoms with Gasteiger partial charge in [-0.25, -0.2) is 0 Å². The number of aromatic nitrogens is 4. The number of hydrogen-bond donors (Lipinski definition) is 1. The second-order valence-corrected chi connectivity index (χ2v) is 2.84. The van der Waals surface area contributed by atoms with Crippen molar-refractivity contribution in [1.29, 1.82) is 0 Å². The molecule has 1 aromatic heterocycles. The van der Waals surface area contributed by atoms with Gasteiger partial charge in [-0.3, -0.25) is 0 Å². The van der Waals surface area contributed by atoms with Crippen molar-refractivity contribution in [3.8, 4) is 0 Å². The average molecular weight is 185 g/mol. The third-order valence-electron chi connectivity index (χ3n) is 1.75. The Balaban J connectivity index is 2.46. The molecule has 0 bridgehead atoms. The van der Waals surface area contributed by atoms with E-state index in [1.165, 1.54) is 4.80 Å². The molecule has 0 saturated carbocycles. The second kappa shape index (κ2) is 4.88. The molecule has 0 amide bonds. The fraction of sp³-hybridized carbons (Fsp3) is 0.857. The molecule has 1 aromatic rings. The van der Waals surface area contributed by atoms with Crippen LogP contribution in [0.5, 0.6) is 0 Å². The quantitative estimate of drug-likeness (QED) is 0.636. The van der Waals surface area contributed by atoms with Gasteiger partial charge in [-0.1, -0.05) is 0 Å². The van der Waals surface area contributed by atoms with Gasteiger partial charge in [-0.2, -0.15) is 4.80 Å². The molecule has 0 saturated heterocycles. The number of hydrogen-bond acceptors (Lipinski definition) is 5. The molecule has 74 valence electrons. The first-order chi connectivity index (χ1) is 6.26. The van der Waals surface area contributed by atoms with Crippen molar-refractivity contribution in [2.24, 2.45) is 7.05 Å². The highest BCUT2D eigenvalue weighted by atomic mass is 16.5. The number of likely N-dealkylation sites (N-methyl/N-ethyl adjacent to an activating group) is 1. The van der Waals surface area contributed by atoms with Crippen molar-refractivity contribution in [2.75, 3.05) is 20.8 Å². The fourth-order valence-corrected chi connectivity index (χ4v) is 1.07. The van der Waals surface area contributed by atoms with Gasteiger partial charge in [0.05, 0.1) is 13.7 Å². The summed E-state index contributed by atoms with van der Waals surface area (Å²) in [5, 5.41) is 14.8. The Kier molecular flexibility index (Phi) is 3.78. The van der Waals surface area contributed by atoms with E-state index in [2.05, 4.69) is 20.7 Å². The predicted octanol–water partition coefficient (Wildman–Crippen LogP) is -1.01. The molecule has 1 rings (SSSR count). The summed E-state index contributed by atoms with van der Waals surface area (Å²) in [5.41, 5.74) is 0. The zero-order valence-corrected chi connectivity index (χ0v) is 8.19. The van der Waals surface area contributed by atoms with E-state index >= 15 is 0 Å². The van der Waals surface area contributed by atoms with E-state index in [1.54, 1.807) is 14.2 Å². The number of tetrazole rings is 1. The van der Waals surface area contributed by atoms with Gasteiger partial charge in [0, 0.05) is 19.6 Å². The first-order valence-corrected chi connectivity index (χ1v) is 4.15. The van der Waals surface area contributed by atoms with E-state index in [1.807, 2.05) is 7.05 Å². The van der Waals surface area contributed by atoms with E-state index in [4.69, 9.17) is 4.74 Å². The van der Waals surface area contributed by atoms with E-state index in [9.17, 15) is 0 Å². The zero-order chi connectivity index (χ0) is 9.68. The highest BCUT2D eigenvalue weighted by Gasteiger charge is 2.10. The summed E-state index contributed by atoms with van der Waals surface area (Å²) in [4.78, 5) is 1.45. The van der Waals surface area contributed by atoms with Gasteiger partial charge < -0.3 is 10.1 Å². The van der Waals surface area contributed by atoms with Crippen LogP contribution < -0.4 is 5.32 Å². The van der Waals surface area contributed by atoms with Crippen LogP contribution in [0, 0.1) is 0 Å². The normalized spacial score (nSPS) is 13.2. The SMILES string of the molecule is CNC(COC)Cc1nnn(C)n1. The van der Waals surface area contributed by atoms with Gasteiger partial charge in [-0.05, 0) is 12.3 Å². The van der Waals surface area contributed by atoms with Gasteiger partial charge >= 0.3 is 0 Å². The maximum absolute atomic E-state index is 5.03. The van der Waals surface area contributed by atoms with Gasteiger partial charge in [0.15, 0.2) is 5.82 Å². The summed E-state index contributed by atoms with van der Waals surface area (Å²) in [7, 11) is 5.32. The number of aryl methyl sites for hydroxylation is 1. The summed E-state index contributed by atoms with van der Waals surface area (Å²) in [6.07, 6.45) is 0.734. The first-order valence-electron chi connectivity index (χ1n) is 4.15. The van der Waals surface area contributed by atoms with Crippen LogP contribution in [-0.2, 0) is 18.2 Å².